The maximum Gasteiger partial charge on any atom is 0.414 e. The van der Waals surface area contributed by atoms with Crippen molar-refractivity contribution in [2.75, 3.05) is 13.1 Å². The highest BCUT2D eigenvalue weighted by Gasteiger charge is 2.15. The molecule has 3 rings (SSSR count). The minimum atomic E-state index is -3.24. The summed E-state index contributed by atoms with van der Waals surface area (Å²) in [5.41, 5.74) is 4.36. The number of nitrogens with one attached hydrogen (secondary N) is 1. The monoisotopic (exact) mass is 476 g/mol. The van der Waals surface area contributed by atoms with Gasteiger partial charge in [0.15, 0.2) is 0 Å². The van der Waals surface area contributed by atoms with Crippen LogP contribution in [-0.2, 0) is 32.6 Å². The predicted octanol–water partition coefficient (Wildman–Crippen LogP) is 1.20. The third kappa shape index (κ3) is 7.97. The molecule has 0 aliphatic carbocycles. The van der Waals surface area contributed by atoms with E-state index in [2.05, 4.69) is 34.0 Å². The van der Waals surface area contributed by atoms with Crippen molar-refractivity contribution in [1.82, 2.24) is 9.73 Å². The number of benzene rings is 2. The number of carboxylic acids is 2. The molecule has 2 aromatic carbocycles. The summed E-state index contributed by atoms with van der Waals surface area (Å²) in [6.07, 6.45) is 0.817. The number of hydrazine groups is 1. The molecule has 0 spiro atoms. The maximum absolute atomic E-state index is 11.8. The number of rotatable bonds is 7. The molecular formula is C22H28N4O6S. The Hall–Kier alpha value is -3.28. The molecule has 11 heteroatoms. The van der Waals surface area contributed by atoms with Crippen molar-refractivity contribution in [2.24, 2.45) is 10.8 Å². The quantitative estimate of drug-likeness (QED) is 0.342. The van der Waals surface area contributed by atoms with Crippen LogP contribution in [0.4, 0.5) is 0 Å². The summed E-state index contributed by atoms with van der Waals surface area (Å²) in [7, 11) is -3.24. The standard InChI is InChI=1S/C20H26N4O2S.C2H2O4/c1-15(2)27(25,26)23-14-18-5-3-16(4-6-18)13-17-7-9-19(10-8-17)20-22-11-12-24(20)21;3-1(4)2(5)6/h3-10,15,23H,11-14,21H2,1-2H3;(H,3,4)(H,5,6). The Bertz CT molecular complexity index is 1080. The minimum Gasteiger partial charge on any atom is -0.473 e. The molecule has 0 radical (unpaired) electrons. The van der Waals surface area contributed by atoms with Crippen LogP contribution in [-0.4, -0.2) is 59.8 Å². The average molecular weight is 477 g/mol. The molecule has 0 saturated carbocycles. The topological polar surface area (TPSA) is 162 Å². The van der Waals surface area contributed by atoms with Gasteiger partial charge in [-0.15, -0.1) is 0 Å². The first-order valence-electron chi connectivity index (χ1n) is 10.2. The van der Waals surface area contributed by atoms with Gasteiger partial charge in [-0.3, -0.25) is 10.0 Å². The largest absolute Gasteiger partial charge is 0.473 e. The van der Waals surface area contributed by atoms with E-state index in [-0.39, 0.29) is 0 Å². The van der Waals surface area contributed by atoms with Gasteiger partial charge in [-0.2, -0.15) is 0 Å². The van der Waals surface area contributed by atoms with E-state index in [1.807, 2.05) is 24.3 Å². The molecule has 5 N–H and O–H groups in total. The first-order valence-corrected chi connectivity index (χ1v) is 11.7. The Morgan fingerprint density at radius 2 is 1.48 bits per heavy atom. The van der Waals surface area contributed by atoms with Crippen molar-refractivity contribution in [3.8, 4) is 0 Å². The highest BCUT2D eigenvalue weighted by molar-refractivity contribution is 7.90. The first-order chi connectivity index (χ1) is 15.5. The normalized spacial score (nSPS) is 13.3. The SMILES string of the molecule is CC(C)S(=O)(=O)NCc1ccc(Cc2ccc(C3=NCCN3N)cc2)cc1.O=C(O)C(=O)O. The zero-order valence-electron chi connectivity index (χ0n) is 18.4. The number of amidine groups is 1. The van der Waals surface area contributed by atoms with Gasteiger partial charge in [-0.25, -0.2) is 28.6 Å². The number of carboxylic acid groups (broad SMARTS) is 2. The minimum absolute atomic E-state index is 0.313. The summed E-state index contributed by atoms with van der Waals surface area (Å²) in [5, 5.41) is 16.0. The van der Waals surface area contributed by atoms with Crippen molar-refractivity contribution < 1.29 is 28.2 Å². The van der Waals surface area contributed by atoms with Crippen molar-refractivity contribution in [3.63, 3.8) is 0 Å². The fourth-order valence-corrected chi connectivity index (χ4v) is 3.55. The molecule has 0 amide bonds. The number of hydrogen-bond acceptors (Lipinski definition) is 7. The number of nitrogens with two attached hydrogens (primary N) is 1. The summed E-state index contributed by atoms with van der Waals surface area (Å²) < 4.78 is 26.3. The second-order valence-electron chi connectivity index (χ2n) is 7.61. The van der Waals surface area contributed by atoms with Crippen LogP contribution >= 0.6 is 0 Å². The first kappa shape index (κ1) is 26.0. The second-order valence-corrected chi connectivity index (χ2v) is 9.94. The molecule has 0 bridgehead atoms. The molecule has 1 heterocycles. The second kappa shape index (κ2) is 11.5. The Morgan fingerprint density at radius 3 is 1.91 bits per heavy atom. The molecular weight excluding hydrogens is 448 g/mol. The Balaban J connectivity index is 0.000000569. The van der Waals surface area contributed by atoms with Gasteiger partial charge in [0.05, 0.1) is 18.3 Å². The highest BCUT2D eigenvalue weighted by Crippen LogP contribution is 2.14. The van der Waals surface area contributed by atoms with Crippen molar-refractivity contribution in [3.05, 3.63) is 70.8 Å². The van der Waals surface area contributed by atoms with Crippen molar-refractivity contribution in [2.45, 2.75) is 32.1 Å². The number of aliphatic carboxylic acids is 2. The van der Waals surface area contributed by atoms with E-state index >= 15 is 0 Å². The number of hydrogen-bond donors (Lipinski definition) is 4. The van der Waals surface area contributed by atoms with Crippen LogP contribution < -0.4 is 10.6 Å². The lowest BCUT2D eigenvalue weighted by Gasteiger charge is -2.13. The zero-order valence-corrected chi connectivity index (χ0v) is 19.2. The summed E-state index contributed by atoms with van der Waals surface area (Å²) in [4.78, 5) is 22.6. The van der Waals surface area contributed by atoms with E-state index in [0.29, 0.717) is 6.54 Å². The third-order valence-corrected chi connectivity index (χ3v) is 6.59. The molecule has 1 aliphatic rings. The molecule has 0 aromatic heterocycles. The van der Waals surface area contributed by atoms with E-state index in [1.165, 1.54) is 11.1 Å². The van der Waals surface area contributed by atoms with Crippen LogP contribution in [0.1, 0.15) is 36.1 Å². The summed E-state index contributed by atoms with van der Waals surface area (Å²) >= 11 is 0. The maximum atomic E-state index is 11.8. The summed E-state index contributed by atoms with van der Waals surface area (Å²) in [6.45, 7) is 5.15. The van der Waals surface area contributed by atoms with Crippen LogP contribution in [0.15, 0.2) is 53.5 Å². The molecule has 0 saturated heterocycles. The van der Waals surface area contributed by atoms with Gasteiger partial charge in [0.2, 0.25) is 10.0 Å². The van der Waals surface area contributed by atoms with E-state index in [0.717, 1.165) is 36.5 Å². The summed E-state index contributed by atoms with van der Waals surface area (Å²) in [5.74, 6) is 3.11. The average Bonchev–Trinajstić information content (AvgIpc) is 3.20. The van der Waals surface area contributed by atoms with E-state index in [4.69, 9.17) is 25.6 Å². The summed E-state index contributed by atoms with van der Waals surface area (Å²) in [6, 6.07) is 16.3. The highest BCUT2D eigenvalue weighted by atomic mass is 32.2. The lowest BCUT2D eigenvalue weighted by molar-refractivity contribution is -0.159. The van der Waals surface area contributed by atoms with E-state index < -0.39 is 27.2 Å². The number of nitrogens with zero attached hydrogens (tertiary/aromatic N) is 2. The zero-order chi connectivity index (χ0) is 24.6. The lowest BCUT2D eigenvalue weighted by atomic mass is 10.0. The number of aliphatic imine (C=N–C) groups is 1. The van der Waals surface area contributed by atoms with Crippen molar-refractivity contribution in [1.29, 1.82) is 0 Å². The fourth-order valence-electron chi connectivity index (χ4n) is 2.85. The van der Waals surface area contributed by atoms with Gasteiger partial charge in [0, 0.05) is 12.1 Å². The molecule has 33 heavy (non-hydrogen) atoms. The van der Waals surface area contributed by atoms with Gasteiger partial charge in [0.25, 0.3) is 0 Å². The lowest BCUT2D eigenvalue weighted by Crippen LogP contribution is -2.34. The van der Waals surface area contributed by atoms with Gasteiger partial charge in [-0.1, -0.05) is 48.5 Å². The fraction of sp³-hybridized carbons (Fsp3) is 0.318. The molecule has 2 aromatic rings. The number of carbonyl (C=O) groups is 2. The smallest absolute Gasteiger partial charge is 0.414 e. The van der Waals surface area contributed by atoms with Gasteiger partial charge in [0.1, 0.15) is 5.84 Å². The molecule has 178 valence electrons. The van der Waals surface area contributed by atoms with Crippen LogP contribution in [0.3, 0.4) is 0 Å². The van der Waals surface area contributed by atoms with Crippen LogP contribution in [0, 0.1) is 0 Å². The molecule has 0 unspecified atom stereocenters. The molecule has 1 aliphatic heterocycles. The van der Waals surface area contributed by atoms with Crippen molar-refractivity contribution >= 4 is 27.8 Å². The van der Waals surface area contributed by atoms with Crippen LogP contribution in [0.25, 0.3) is 0 Å². The number of sulfonamides is 1. The van der Waals surface area contributed by atoms with Gasteiger partial charge >= 0.3 is 11.9 Å². The Morgan fingerprint density at radius 1 is 1.00 bits per heavy atom. The molecule has 0 atom stereocenters. The van der Waals surface area contributed by atoms with Crippen LogP contribution in [0.2, 0.25) is 0 Å². The van der Waals surface area contributed by atoms with Crippen LogP contribution in [0.5, 0.6) is 0 Å². The Kier molecular flexibility index (Phi) is 9.09. The Labute approximate surface area is 192 Å². The molecule has 0 fully saturated rings. The van der Waals surface area contributed by atoms with Gasteiger partial charge in [-0.05, 0) is 37.0 Å². The van der Waals surface area contributed by atoms with E-state index in [1.54, 1.807) is 18.9 Å². The molecule has 10 nitrogen and oxygen atoms in total. The predicted molar refractivity (Wildman–Crippen MR) is 124 cm³/mol. The van der Waals surface area contributed by atoms with E-state index in [9.17, 15) is 8.42 Å². The van der Waals surface area contributed by atoms with Gasteiger partial charge < -0.3 is 10.2 Å². The third-order valence-electron chi connectivity index (χ3n) is 4.80.